The van der Waals surface area contributed by atoms with Crippen LogP contribution in [0.15, 0.2) is 30.5 Å². The molecule has 0 saturated carbocycles. The molecule has 0 atom stereocenters. The van der Waals surface area contributed by atoms with Crippen LogP contribution in [0.25, 0.3) is 0 Å². The molecular weight excluding hydrogens is 247 g/mol. The Kier molecular flexibility index (Phi) is 3.79. The SMILES string of the molecule is CCn1ncc(N)c1C(=O)NCc1cccc(F)c1. The van der Waals surface area contributed by atoms with E-state index in [2.05, 4.69) is 10.4 Å². The van der Waals surface area contributed by atoms with Crippen molar-refractivity contribution in [2.75, 3.05) is 5.73 Å². The molecule has 6 heteroatoms. The Morgan fingerprint density at radius 1 is 1.53 bits per heavy atom. The number of nitrogens with two attached hydrogens (primary N) is 1. The van der Waals surface area contributed by atoms with Crippen molar-refractivity contribution in [1.29, 1.82) is 0 Å². The third kappa shape index (κ3) is 2.90. The van der Waals surface area contributed by atoms with E-state index in [0.29, 0.717) is 23.5 Å². The molecule has 100 valence electrons. The molecule has 1 amide bonds. The highest BCUT2D eigenvalue weighted by Gasteiger charge is 2.15. The number of anilines is 1. The number of nitrogen functional groups attached to an aromatic ring is 1. The van der Waals surface area contributed by atoms with Gasteiger partial charge < -0.3 is 11.1 Å². The second-order valence-electron chi connectivity index (χ2n) is 4.08. The summed E-state index contributed by atoms with van der Waals surface area (Å²) in [6.45, 7) is 2.67. The fourth-order valence-electron chi connectivity index (χ4n) is 1.80. The van der Waals surface area contributed by atoms with E-state index in [-0.39, 0.29) is 18.3 Å². The number of nitrogens with one attached hydrogen (secondary N) is 1. The molecule has 19 heavy (non-hydrogen) atoms. The number of aromatic nitrogens is 2. The van der Waals surface area contributed by atoms with Gasteiger partial charge in [0.15, 0.2) is 0 Å². The van der Waals surface area contributed by atoms with Gasteiger partial charge in [0.2, 0.25) is 0 Å². The van der Waals surface area contributed by atoms with Gasteiger partial charge in [0.1, 0.15) is 11.5 Å². The maximum absolute atomic E-state index is 13.0. The van der Waals surface area contributed by atoms with Gasteiger partial charge in [0.25, 0.3) is 5.91 Å². The lowest BCUT2D eigenvalue weighted by atomic mass is 10.2. The Hall–Kier alpha value is -2.37. The molecule has 0 fully saturated rings. The zero-order valence-corrected chi connectivity index (χ0v) is 10.6. The number of hydrogen-bond acceptors (Lipinski definition) is 3. The van der Waals surface area contributed by atoms with Gasteiger partial charge in [-0.3, -0.25) is 9.48 Å². The van der Waals surface area contributed by atoms with E-state index in [1.54, 1.807) is 12.1 Å². The summed E-state index contributed by atoms with van der Waals surface area (Å²) in [5, 5.41) is 6.69. The zero-order chi connectivity index (χ0) is 13.8. The van der Waals surface area contributed by atoms with Gasteiger partial charge in [-0.2, -0.15) is 5.10 Å². The summed E-state index contributed by atoms with van der Waals surface area (Å²) in [6.07, 6.45) is 1.45. The Bertz CT molecular complexity index is 594. The first-order valence-corrected chi connectivity index (χ1v) is 5.95. The standard InChI is InChI=1S/C13H15FN4O/c1-2-18-12(11(15)8-17-18)13(19)16-7-9-4-3-5-10(14)6-9/h3-6,8H,2,7,15H2,1H3,(H,16,19). The predicted molar refractivity (Wildman–Crippen MR) is 69.9 cm³/mol. The zero-order valence-electron chi connectivity index (χ0n) is 10.6. The smallest absolute Gasteiger partial charge is 0.271 e. The van der Waals surface area contributed by atoms with Crippen LogP contribution < -0.4 is 11.1 Å². The molecule has 2 rings (SSSR count). The quantitative estimate of drug-likeness (QED) is 0.878. The van der Waals surface area contributed by atoms with Gasteiger partial charge in [0, 0.05) is 13.1 Å². The predicted octanol–water partition coefficient (Wildman–Crippen LogP) is 1.55. The molecule has 3 N–H and O–H groups in total. The highest BCUT2D eigenvalue weighted by molar-refractivity contribution is 5.97. The summed E-state index contributed by atoms with van der Waals surface area (Å²) in [5.74, 6) is -0.647. The van der Waals surface area contributed by atoms with E-state index in [4.69, 9.17) is 5.73 Å². The molecule has 2 aromatic rings. The Morgan fingerprint density at radius 3 is 3.00 bits per heavy atom. The molecular formula is C13H15FN4O. The maximum Gasteiger partial charge on any atom is 0.271 e. The minimum atomic E-state index is -0.329. The number of hydrogen-bond donors (Lipinski definition) is 2. The van der Waals surface area contributed by atoms with Crippen molar-refractivity contribution < 1.29 is 9.18 Å². The highest BCUT2D eigenvalue weighted by Crippen LogP contribution is 2.11. The number of aryl methyl sites for hydroxylation is 1. The number of rotatable bonds is 4. The number of carbonyl (C=O) groups is 1. The van der Waals surface area contributed by atoms with Crippen molar-refractivity contribution in [1.82, 2.24) is 15.1 Å². The average Bonchev–Trinajstić information content (AvgIpc) is 2.77. The molecule has 0 aliphatic rings. The second kappa shape index (κ2) is 5.51. The van der Waals surface area contributed by atoms with Crippen LogP contribution in [0.4, 0.5) is 10.1 Å². The van der Waals surface area contributed by atoms with Crippen LogP contribution in [-0.4, -0.2) is 15.7 Å². The van der Waals surface area contributed by atoms with Crippen molar-refractivity contribution in [2.24, 2.45) is 0 Å². The number of nitrogens with zero attached hydrogens (tertiary/aromatic N) is 2. The lowest BCUT2D eigenvalue weighted by Gasteiger charge is -2.08. The lowest BCUT2D eigenvalue weighted by Crippen LogP contribution is -2.26. The third-order valence-electron chi connectivity index (χ3n) is 2.72. The number of benzene rings is 1. The van der Waals surface area contributed by atoms with Crippen molar-refractivity contribution in [3.8, 4) is 0 Å². The van der Waals surface area contributed by atoms with Crippen LogP contribution >= 0.6 is 0 Å². The fraction of sp³-hybridized carbons (Fsp3) is 0.231. The van der Waals surface area contributed by atoms with Crippen LogP contribution in [0.5, 0.6) is 0 Å². The molecule has 1 aromatic carbocycles. The van der Waals surface area contributed by atoms with Crippen LogP contribution in [0, 0.1) is 5.82 Å². The Labute approximate surface area is 110 Å². The van der Waals surface area contributed by atoms with Crippen LogP contribution in [0.3, 0.4) is 0 Å². The minimum absolute atomic E-state index is 0.241. The number of carbonyl (C=O) groups excluding carboxylic acids is 1. The molecule has 1 aromatic heterocycles. The summed E-state index contributed by atoms with van der Waals surface area (Å²) in [7, 11) is 0. The van der Waals surface area contributed by atoms with Crippen LogP contribution in [-0.2, 0) is 13.1 Å². The molecule has 0 aliphatic heterocycles. The maximum atomic E-state index is 13.0. The highest BCUT2D eigenvalue weighted by atomic mass is 19.1. The normalized spacial score (nSPS) is 10.4. The minimum Gasteiger partial charge on any atom is -0.396 e. The summed E-state index contributed by atoms with van der Waals surface area (Å²) < 4.78 is 14.5. The van der Waals surface area contributed by atoms with Crippen molar-refractivity contribution in [2.45, 2.75) is 20.0 Å². The van der Waals surface area contributed by atoms with E-state index < -0.39 is 0 Å². The average molecular weight is 262 g/mol. The summed E-state index contributed by atoms with van der Waals surface area (Å²) in [5.41, 5.74) is 7.06. The molecule has 0 saturated heterocycles. The third-order valence-corrected chi connectivity index (χ3v) is 2.72. The molecule has 0 spiro atoms. The van der Waals surface area contributed by atoms with E-state index in [1.807, 2.05) is 6.92 Å². The fourth-order valence-corrected chi connectivity index (χ4v) is 1.80. The molecule has 0 radical (unpaired) electrons. The van der Waals surface area contributed by atoms with Gasteiger partial charge >= 0.3 is 0 Å². The van der Waals surface area contributed by atoms with E-state index >= 15 is 0 Å². The molecule has 0 unspecified atom stereocenters. The summed E-state index contributed by atoms with van der Waals surface area (Å²) >= 11 is 0. The lowest BCUT2D eigenvalue weighted by molar-refractivity contribution is 0.0941. The first-order chi connectivity index (χ1) is 9.11. The van der Waals surface area contributed by atoms with Gasteiger partial charge in [-0.25, -0.2) is 4.39 Å². The van der Waals surface area contributed by atoms with Gasteiger partial charge in [0.05, 0.1) is 11.9 Å². The van der Waals surface area contributed by atoms with Crippen molar-refractivity contribution in [3.63, 3.8) is 0 Å². The number of halogens is 1. The van der Waals surface area contributed by atoms with E-state index in [9.17, 15) is 9.18 Å². The van der Waals surface area contributed by atoms with Crippen LogP contribution in [0.2, 0.25) is 0 Å². The van der Waals surface area contributed by atoms with Gasteiger partial charge in [-0.15, -0.1) is 0 Å². The number of amides is 1. The molecule has 0 bridgehead atoms. The van der Waals surface area contributed by atoms with Gasteiger partial charge in [-0.05, 0) is 24.6 Å². The second-order valence-corrected chi connectivity index (χ2v) is 4.08. The molecule has 1 heterocycles. The van der Waals surface area contributed by atoms with Crippen molar-refractivity contribution >= 4 is 11.6 Å². The Morgan fingerprint density at radius 2 is 2.32 bits per heavy atom. The first-order valence-electron chi connectivity index (χ1n) is 5.95. The van der Waals surface area contributed by atoms with Gasteiger partial charge in [-0.1, -0.05) is 12.1 Å². The topological polar surface area (TPSA) is 72.9 Å². The monoisotopic (exact) mass is 262 g/mol. The first kappa shape index (κ1) is 13.1. The van der Waals surface area contributed by atoms with Crippen molar-refractivity contribution in [3.05, 3.63) is 47.5 Å². The van der Waals surface area contributed by atoms with E-state index in [0.717, 1.165) is 0 Å². The summed E-state index contributed by atoms with van der Waals surface area (Å²) in [4.78, 5) is 12.0. The molecule has 0 aliphatic carbocycles. The molecule has 5 nitrogen and oxygen atoms in total. The van der Waals surface area contributed by atoms with E-state index in [1.165, 1.54) is 23.0 Å². The summed E-state index contributed by atoms with van der Waals surface area (Å²) in [6, 6.07) is 6.07. The Balaban J connectivity index is 2.07. The van der Waals surface area contributed by atoms with Crippen LogP contribution in [0.1, 0.15) is 23.0 Å². The largest absolute Gasteiger partial charge is 0.396 e.